The molecular weight excluding hydrogens is 332 g/mol. The zero-order valence-corrected chi connectivity index (χ0v) is 14.1. The molecule has 0 N–H and O–H groups in total. The molecule has 2 aromatic rings. The Morgan fingerprint density at radius 1 is 0.958 bits per heavy atom. The van der Waals surface area contributed by atoms with Gasteiger partial charge in [-0.3, -0.25) is 0 Å². The van der Waals surface area contributed by atoms with Gasteiger partial charge in [-0.2, -0.15) is 0 Å². The predicted molar refractivity (Wildman–Crippen MR) is 91.0 cm³/mol. The molecule has 128 valence electrons. The molecule has 0 aliphatic carbocycles. The second kappa shape index (κ2) is 9.67. The van der Waals surface area contributed by atoms with Crippen molar-refractivity contribution in [3.05, 3.63) is 53.6 Å². The lowest BCUT2D eigenvalue weighted by Crippen LogP contribution is -2.18. The molecule has 5 nitrogen and oxygen atoms in total. The van der Waals surface area contributed by atoms with Gasteiger partial charge in [0.25, 0.3) is 0 Å². The van der Waals surface area contributed by atoms with Gasteiger partial charge in [0.05, 0.1) is 6.61 Å². The summed E-state index contributed by atoms with van der Waals surface area (Å²) >= 11 is 5.85. The quantitative estimate of drug-likeness (QED) is 0.509. The molecule has 0 aliphatic rings. The summed E-state index contributed by atoms with van der Waals surface area (Å²) < 4.78 is 21.3. The highest BCUT2D eigenvalue weighted by molar-refractivity contribution is 6.30. The van der Waals surface area contributed by atoms with E-state index >= 15 is 0 Å². The molecule has 0 radical (unpaired) electrons. The van der Waals surface area contributed by atoms with E-state index in [1.807, 2.05) is 19.1 Å². The molecular formula is C18H19ClO5. The lowest BCUT2D eigenvalue weighted by Gasteiger charge is -2.11. The molecule has 0 saturated heterocycles. The molecule has 0 aliphatic heterocycles. The van der Waals surface area contributed by atoms with Gasteiger partial charge in [-0.15, -0.1) is 0 Å². The van der Waals surface area contributed by atoms with Crippen LogP contribution < -0.4 is 14.2 Å². The highest BCUT2D eigenvalue weighted by Gasteiger charge is 2.08. The van der Waals surface area contributed by atoms with Crippen molar-refractivity contribution in [2.45, 2.75) is 6.92 Å². The first-order valence-electron chi connectivity index (χ1n) is 7.57. The number of benzene rings is 2. The largest absolute Gasteiger partial charge is 0.490 e. The number of ether oxygens (including phenoxy) is 4. The molecule has 24 heavy (non-hydrogen) atoms. The highest BCUT2D eigenvalue weighted by atomic mass is 35.5. The lowest BCUT2D eigenvalue weighted by molar-refractivity contribution is -0.146. The number of rotatable bonds is 9. The van der Waals surface area contributed by atoms with Crippen LogP contribution in [0, 0.1) is 0 Å². The third-order valence-corrected chi connectivity index (χ3v) is 3.14. The summed E-state index contributed by atoms with van der Waals surface area (Å²) in [6.45, 7) is 2.57. The Morgan fingerprint density at radius 3 is 2.42 bits per heavy atom. The first kappa shape index (κ1) is 17.9. The zero-order valence-electron chi connectivity index (χ0n) is 13.4. The number of hydrogen-bond donors (Lipinski definition) is 0. The van der Waals surface area contributed by atoms with Gasteiger partial charge >= 0.3 is 5.97 Å². The van der Waals surface area contributed by atoms with Crippen LogP contribution >= 0.6 is 11.6 Å². The minimum absolute atomic E-state index is 0.127. The topological polar surface area (TPSA) is 54.0 Å². The Hall–Kier alpha value is -2.40. The fourth-order valence-electron chi connectivity index (χ4n) is 1.89. The molecule has 2 aromatic carbocycles. The van der Waals surface area contributed by atoms with Crippen LogP contribution in [-0.4, -0.2) is 32.4 Å². The molecule has 0 aromatic heterocycles. The molecule has 0 heterocycles. The number of carbonyl (C=O) groups excluding carboxylic acids is 1. The Bertz CT molecular complexity index is 659. The van der Waals surface area contributed by atoms with E-state index in [0.717, 1.165) is 0 Å². The Morgan fingerprint density at radius 2 is 1.71 bits per heavy atom. The van der Waals surface area contributed by atoms with Crippen LogP contribution in [0.2, 0.25) is 5.02 Å². The number of carbonyl (C=O) groups is 1. The first-order valence-corrected chi connectivity index (χ1v) is 7.95. The summed E-state index contributed by atoms with van der Waals surface area (Å²) in [4.78, 5) is 11.7. The van der Waals surface area contributed by atoms with E-state index in [-0.39, 0.29) is 19.8 Å². The fourth-order valence-corrected chi connectivity index (χ4v) is 2.07. The lowest BCUT2D eigenvalue weighted by atomic mass is 10.3. The predicted octanol–water partition coefficient (Wildman–Crippen LogP) is 3.74. The van der Waals surface area contributed by atoms with Crippen LogP contribution in [0.1, 0.15) is 6.92 Å². The fraction of sp³-hybridized carbons (Fsp3) is 0.278. The number of halogens is 1. The number of hydrogen-bond acceptors (Lipinski definition) is 5. The summed E-state index contributed by atoms with van der Waals surface area (Å²) in [6.07, 6.45) is 0. The minimum atomic E-state index is -0.476. The van der Waals surface area contributed by atoms with Gasteiger partial charge in [0.2, 0.25) is 0 Å². The standard InChI is InChI=1S/C18H19ClO5/c1-2-21-16-8-3-4-9-17(16)24-13-18(20)23-11-10-22-15-7-5-6-14(19)12-15/h3-9,12H,2,10-11,13H2,1H3. The molecule has 2 rings (SSSR count). The maximum Gasteiger partial charge on any atom is 0.344 e. The molecule has 0 saturated carbocycles. The summed E-state index contributed by atoms with van der Waals surface area (Å²) in [5.41, 5.74) is 0. The van der Waals surface area contributed by atoms with Gasteiger partial charge in [-0.05, 0) is 37.3 Å². The van der Waals surface area contributed by atoms with Crippen LogP contribution in [0.4, 0.5) is 0 Å². The van der Waals surface area contributed by atoms with Crippen molar-refractivity contribution >= 4 is 17.6 Å². The molecule has 0 spiro atoms. The SMILES string of the molecule is CCOc1ccccc1OCC(=O)OCCOc1cccc(Cl)c1. The van der Waals surface area contributed by atoms with E-state index in [4.69, 9.17) is 30.5 Å². The summed E-state index contributed by atoms with van der Waals surface area (Å²) in [5.74, 6) is 1.25. The van der Waals surface area contributed by atoms with Gasteiger partial charge in [0, 0.05) is 5.02 Å². The van der Waals surface area contributed by atoms with E-state index in [1.165, 1.54) is 0 Å². The number of esters is 1. The van der Waals surface area contributed by atoms with Crippen molar-refractivity contribution in [1.29, 1.82) is 0 Å². The minimum Gasteiger partial charge on any atom is -0.490 e. The van der Waals surface area contributed by atoms with Crippen molar-refractivity contribution in [3.63, 3.8) is 0 Å². The molecule has 0 bridgehead atoms. The van der Waals surface area contributed by atoms with Crippen molar-refractivity contribution in [2.75, 3.05) is 26.4 Å². The van der Waals surface area contributed by atoms with E-state index < -0.39 is 5.97 Å². The van der Waals surface area contributed by atoms with Crippen LogP contribution in [0.3, 0.4) is 0 Å². The van der Waals surface area contributed by atoms with Crippen LogP contribution in [0.25, 0.3) is 0 Å². The van der Waals surface area contributed by atoms with Crippen molar-refractivity contribution in [2.24, 2.45) is 0 Å². The molecule has 0 amide bonds. The van der Waals surface area contributed by atoms with Gasteiger partial charge in [-0.25, -0.2) is 4.79 Å². The van der Waals surface area contributed by atoms with Crippen LogP contribution in [0.5, 0.6) is 17.2 Å². The first-order chi connectivity index (χ1) is 11.7. The van der Waals surface area contributed by atoms with Crippen molar-refractivity contribution in [3.8, 4) is 17.2 Å². The highest BCUT2D eigenvalue weighted by Crippen LogP contribution is 2.26. The molecule has 0 fully saturated rings. The van der Waals surface area contributed by atoms with E-state index in [9.17, 15) is 4.79 Å². The second-order valence-corrected chi connectivity index (χ2v) is 5.13. The molecule has 0 unspecified atom stereocenters. The summed E-state index contributed by atoms with van der Waals surface area (Å²) in [7, 11) is 0. The van der Waals surface area contributed by atoms with Gasteiger partial charge in [0.1, 0.15) is 19.0 Å². The summed E-state index contributed by atoms with van der Waals surface area (Å²) in [5, 5.41) is 0.589. The van der Waals surface area contributed by atoms with E-state index in [0.29, 0.717) is 28.9 Å². The normalized spacial score (nSPS) is 10.1. The second-order valence-electron chi connectivity index (χ2n) is 4.69. The van der Waals surface area contributed by atoms with Crippen molar-refractivity contribution < 1.29 is 23.7 Å². The zero-order chi connectivity index (χ0) is 17.2. The van der Waals surface area contributed by atoms with Crippen LogP contribution in [0.15, 0.2) is 48.5 Å². The molecule has 6 heteroatoms. The van der Waals surface area contributed by atoms with Crippen molar-refractivity contribution in [1.82, 2.24) is 0 Å². The van der Waals surface area contributed by atoms with E-state index in [1.54, 1.807) is 36.4 Å². The maximum atomic E-state index is 11.7. The average molecular weight is 351 g/mol. The van der Waals surface area contributed by atoms with Crippen LogP contribution in [-0.2, 0) is 9.53 Å². The third-order valence-electron chi connectivity index (χ3n) is 2.91. The van der Waals surface area contributed by atoms with Gasteiger partial charge in [0.15, 0.2) is 18.1 Å². The molecule has 0 atom stereocenters. The van der Waals surface area contributed by atoms with Gasteiger partial charge < -0.3 is 18.9 Å². The van der Waals surface area contributed by atoms with Gasteiger partial charge in [-0.1, -0.05) is 29.8 Å². The summed E-state index contributed by atoms with van der Waals surface area (Å²) in [6, 6.07) is 14.2. The monoisotopic (exact) mass is 350 g/mol. The third kappa shape index (κ3) is 6.01. The smallest absolute Gasteiger partial charge is 0.344 e. The number of para-hydroxylation sites is 2. The average Bonchev–Trinajstić information content (AvgIpc) is 2.58. The Kier molecular flexibility index (Phi) is 7.23. The maximum absolute atomic E-state index is 11.7. The Balaban J connectivity index is 1.68. The van der Waals surface area contributed by atoms with E-state index in [2.05, 4.69) is 0 Å². The Labute approximate surface area is 146 Å².